The van der Waals surface area contributed by atoms with Crippen LogP contribution in [0.5, 0.6) is 0 Å². The zero-order chi connectivity index (χ0) is 28.0. The maximum Gasteiger partial charge on any atom is 0.152 e. The Morgan fingerprint density at radius 2 is 1.15 bits per heavy atom. The summed E-state index contributed by atoms with van der Waals surface area (Å²) in [6.07, 6.45) is 2.85. The fourth-order valence-corrected chi connectivity index (χ4v) is 5.89. The van der Waals surface area contributed by atoms with Gasteiger partial charge in [-0.05, 0) is 18.1 Å². The Morgan fingerprint density at radius 1 is 0.700 bits per heavy atom. The lowest BCUT2D eigenvalue weighted by atomic mass is 9.93. The average molecular weight is 598 g/mol. The van der Waals surface area contributed by atoms with Gasteiger partial charge in [-0.3, -0.25) is 19.8 Å². The van der Waals surface area contributed by atoms with Gasteiger partial charge in [0, 0.05) is 56.0 Å². The van der Waals surface area contributed by atoms with Gasteiger partial charge in [0.05, 0.1) is 52.4 Å². The molecule has 8 nitrogen and oxygen atoms in total. The first-order valence-corrected chi connectivity index (χ1v) is 14.1. The van der Waals surface area contributed by atoms with E-state index in [1.165, 1.54) is 0 Å². The SMILES string of the molecule is Cc1c(-c2cnc(CN3CC(O)C3)c(Cl)n2)cccc1-c1cccc(-c2cnc(CN3CC(O)C3)c(Cl)n2)c1Cl. The molecule has 2 aromatic heterocycles. The van der Waals surface area contributed by atoms with Crippen LogP contribution in [0.1, 0.15) is 17.0 Å². The monoisotopic (exact) mass is 596 g/mol. The summed E-state index contributed by atoms with van der Waals surface area (Å²) in [5, 5.41) is 20.3. The van der Waals surface area contributed by atoms with E-state index in [1.807, 2.05) is 43.3 Å². The van der Waals surface area contributed by atoms with Gasteiger partial charge in [-0.2, -0.15) is 0 Å². The lowest BCUT2D eigenvalue weighted by Gasteiger charge is -2.35. The standard InChI is InChI=1S/C29H27Cl3N6O2/c1-16-19(4-2-5-20(16)23-8-33-25(28(31)35-23)14-37-10-17(39)11-37)21-6-3-7-22(27(21)30)24-9-34-26(29(32)36-24)15-38-12-18(40)13-38/h2-9,17-18,39-40H,10-15H2,1H3. The van der Waals surface area contributed by atoms with E-state index in [-0.39, 0.29) is 12.2 Å². The molecule has 2 fully saturated rings. The number of rotatable bonds is 7. The molecule has 2 aliphatic rings. The normalized spacial score (nSPS) is 16.6. The van der Waals surface area contributed by atoms with Gasteiger partial charge in [0.2, 0.25) is 0 Å². The second kappa shape index (κ2) is 11.3. The minimum absolute atomic E-state index is 0.281. The maximum atomic E-state index is 9.54. The second-order valence-electron chi connectivity index (χ2n) is 10.3. The van der Waals surface area contributed by atoms with E-state index in [9.17, 15) is 10.2 Å². The van der Waals surface area contributed by atoms with E-state index in [4.69, 9.17) is 34.8 Å². The molecule has 4 heterocycles. The van der Waals surface area contributed by atoms with Crippen molar-refractivity contribution in [2.75, 3.05) is 26.2 Å². The zero-order valence-electron chi connectivity index (χ0n) is 21.7. The van der Waals surface area contributed by atoms with Crippen LogP contribution < -0.4 is 0 Å². The molecule has 0 atom stereocenters. The number of hydrogen-bond acceptors (Lipinski definition) is 8. The lowest BCUT2D eigenvalue weighted by Crippen LogP contribution is -2.50. The minimum atomic E-state index is -0.288. The molecule has 4 aromatic rings. The first-order valence-electron chi connectivity index (χ1n) is 13.0. The molecule has 0 spiro atoms. The highest BCUT2D eigenvalue weighted by Crippen LogP contribution is 2.39. The number of hydrogen-bond donors (Lipinski definition) is 2. The Balaban J connectivity index is 1.28. The summed E-state index contributed by atoms with van der Waals surface area (Å²) in [6, 6.07) is 11.8. The van der Waals surface area contributed by atoms with Crippen LogP contribution in [-0.2, 0) is 13.1 Å². The van der Waals surface area contributed by atoms with Gasteiger partial charge in [-0.1, -0.05) is 71.2 Å². The highest BCUT2D eigenvalue weighted by Gasteiger charge is 2.27. The molecule has 206 valence electrons. The Labute approximate surface area is 247 Å². The summed E-state index contributed by atoms with van der Waals surface area (Å²) in [5.74, 6) is 0. The molecular weight excluding hydrogens is 571 g/mol. The van der Waals surface area contributed by atoms with Crippen molar-refractivity contribution in [3.05, 3.63) is 81.1 Å². The number of halogens is 3. The highest BCUT2D eigenvalue weighted by atomic mass is 35.5. The fraction of sp³-hybridized carbons (Fsp3) is 0.310. The molecular formula is C29H27Cl3N6O2. The molecule has 6 rings (SSSR count). The molecule has 0 amide bonds. The van der Waals surface area contributed by atoms with Crippen LogP contribution in [0.25, 0.3) is 33.6 Å². The second-order valence-corrected chi connectivity index (χ2v) is 11.4. The predicted molar refractivity (Wildman–Crippen MR) is 156 cm³/mol. The molecule has 0 saturated carbocycles. The highest BCUT2D eigenvalue weighted by molar-refractivity contribution is 6.36. The quantitative estimate of drug-likeness (QED) is 0.311. The summed E-state index contributed by atoms with van der Waals surface area (Å²) < 4.78 is 0. The molecule has 0 radical (unpaired) electrons. The van der Waals surface area contributed by atoms with Crippen LogP contribution in [0.3, 0.4) is 0 Å². The number of benzene rings is 2. The molecule has 2 aliphatic heterocycles. The van der Waals surface area contributed by atoms with Gasteiger partial charge in [0.1, 0.15) is 0 Å². The number of nitrogens with zero attached hydrogens (tertiary/aromatic N) is 6. The summed E-state index contributed by atoms with van der Waals surface area (Å²) >= 11 is 20.0. The fourth-order valence-electron chi connectivity index (χ4n) is 5.16. The zero-order valence-corrected chi connectivity index (χ0v) is 24.0. The van der Waals surface area contributed by atoms with Crippen LogP contribution in [0, 0.1) is 6.92 Å². The van der Waals surface area contributed by atoms with Crippen molar-refractivity contribution >= 4 is 34.8 Å². The Bertz CT molecular complexity index is 1460. The van der Waals surface area contributed by atoms with Gasteiger partial charge in [-0.15, -0.1) is 0 Å². The van der Waals surface area contributed by atoms with Crippen molar-refractivity contribution in [3.8, 4) is 33.6 Å². The summed E-state index contributed by atoms with van der Waals surface area (Å²) in [4.78, 5) is 22.5. The summed E-state index contributed by atoms with van der Waals surface area (Å²) in [6.45, 7) is 5.57. The van der Waals surface area contributed by atoms with E-state index in [2.05, 4.69) is 29.7 Å². The lowest BCUT2D eigenvalue weighted by molar-refractivity contribution is -0.00379. The van der Waals surface area contributed by atoms with Gasteiger partial charge in [0.25, 0.3) is 0 Å². The molecule has 2 saturated heterocycles. The van der Waals surface area contributed by atoms with E-state index < -0.39 is 0 Å². The minimum Gasteiger partial charge on any atom is -0.390 e. The van der Waals surface area contributed by atoms with Crippen LogP contribution in [0.15, 0.2) is 48.8 Å². The largest absolute Gasteiger partial charge is 0.390 e. The smallest absolute Gasteiger partial charge is 0.152 e. The third-order valence-corrected chi connectivity index (χ3v) is 8.41. The number of aliphatic hydroxyl groups excluding tert-OH is 2. The number of aromatic nitrogens is 4. The molecule has 40 heavy (non-hydrogen) atoms. The van der Waals surface area contributed by atoms with Crippen molar-refractivity contribution in [1.29, 1.82) is 0 Å². The van der Waals surface area contributed by atoms with Crippen molar-refractivity contribution in [1.82, 2.24) is 29.7 Å². The van der Waals surface area contributed by atoms with E-state index in [0.29, 0.717) is 77.4 Å². The van der Waals surface area contributed by atoms with E-state index in [0.717, 1.165) is 27.8 Å². The third kappa shape index (κ3) is 5.45. The molecule has 0 bridgehead atoms. The maximum absolute atomic E-state index is 9.54. The van der Waals surface area contributed by atoms with Gasteiger partial charge >= 0.3 is 0 Å². The van der Waals surface area contributed by atoms with Gasteiger partial charge in [-0.25, -0.2) is 9.97 Å². The van der Waals surface area contributed by atoms with E-state index >= 15 is 0 Å². The number of likely N-dealkylation sites (tertiary alicyclic amines) is 2. The van der Waals surface area contributed by atoms with Gasteiger partial charge < -0.3 is 10.2 Å². The predicted octanol–water partition coefficient (Wildman–Crippen LogP) is 4.89. The molecule has 11 heteroatoms. The summed E-state index contributed by atoms with van der Waals surface area (Å²) in [7, 11) is 0. The molecule has 0 aliphatic carbocycles. The van der Waals surface area contributed by atoms with Crippen LogP contribution >= 0.6 is 34.8 Å². The first kappa shape index (κ1) is 27.5. The Kier molecular flexibility index (Phi) is 7.76. The first-order chi connectivity index (χ1) is 19.3. The Hall–Kier alpha value is -2.69. The van der Waals surface area contributed by atoms with Crippen LogP contribution in [0.4, 0.5) is 0 Å². The van der Waals surface area contributed by atoms with E-state index in [1.54, 1.807) is 12.4 Å². The summed E-state index contributed by atoms with van der Waals surface area (Å²) in [5.41, 5.74) is 7.04. The van der Waals surface area contributed by atoms with Crippen molar-refractivity contribution in [2.45, 2.75) is 32.2 Å². The molecule has 0 unspecified atom stereocenters. The topological polar surface area (TPSA) is 98.5 Å². The van der Waals surface area contributed by atoms with Crippen LogP contribution in [-0.4, -0.2) is 78.3 Å². The average Bonchev–Trinajstić information content (AvgIpc) is 2.89. The number of β-amino-alcohol motifs (C(OH)–C–C–N with tert-alkyl or cyclic N) is 2. The molecule has 2 aromatic carbocycles. The van der Waals surface area contributed by atoms with Crippen molar-refractivity contribution in [2.24, 2.45) is 0 Å². The Morgan fingerprint density at radius 3 is 1.65 bits per heavy atom. The number of aliphatic hydroxyl groups is 2. The molecule has 2 N–H and O–H groups in total. The van der Waals surface area contributed by atoms with Gasteiger partial charge in [0.15, 0.2) is 10.3 Å². The van der Waals surface area contributed by atoms with Crippen molar-refractivity contribution < 1.29 is 10.2 Å². The van der Waals surface area contributed by atoms with Crippen molar-refractivity contribution in [3.63, 3.8) is 0 Å². The third-order valence-electron chi connectivity index (χ3n) is 7.40. The van der Waals surface area contributed by atoms with Crippen LogP contribution in [0.2, 0.25) is 15.3 Å².